The molecule has 0 spiro atoms. The number of aromatic nitrogens is 3. The van der Waals surface area contributed by atoms with E-state index in [0.29, 0.717) is 13.1 Å². The smallest absolute Gasteiger partial charge is 0.216 e. The van der Waals surface area contributed by atoms with Gasteiger partial charge < -0.3 is 4.74 Å². The number of methoxy groups -OCH3 is 1. The maximum absolute atomic E-state index is 12.4. The molecule has 2 heterocycles. The Morgan fingerprint density at radius 1 is 1.41 bits per heavy atom. The molecule has 0 amide bonds. The summed E-state index contributed by atoms with van der Waals surface area (Å²) < 4.78 is 33.4. The maximum atomic E-state index is 12.4. The lowest BCUT2D eigenvalue weighted by molar-refractivity contribution is 0.134. The van der Waals surface area contributed by atoms with E-state index < -0.39 is 10.0 Å². The summed E-state index contributed by atoms with van der Waals surface area (Å²) >= 11 is 0. The molecule has 1 fully saturated rings. The van der Waals surface area contributed by atoms with Crippen LogP contribution < -0.4 is 0 Å². The van der Waals surface area contributed by atoms with Crippen LogP contribution in [0.2, 0.25) is 0 Å². The Morgan fingerprint density at radius 3 is 2.73 bits per heavy atom. The van der Waals surface area contributed by atoms with Gasteiger partial charge in [-0.15, -0.1) is 0 Å². The molecule has 1 aromatic rings. The Hall–Kier alpha value is -0.990. The number of rotatable bonds is 6. The van der Waals surface area contributed by atoms with E-state index in [2.05, 4.69) is 10.1 Å². The van der Waals surface area contributed by atoms with E-state index in [-0.39, 0.29) is 17.8 Å². The third kappa shape index (κ3) is 4.27. The monoisotopic (exact) mass is 330 g/mol. The van der Waals surface area contributed by atoms with Gasteiger partial charge in [0.15, 0.2) is 0 Å². The average molecular weight is 330 g/mol. The summed E-state index contributed by atoms with van der Waals surface area (Å²) in [6.07, 6.45) is 1.62. The van der Waals surface area contributed by atoms with Gasteiger partial charge in [-0.1, -0.05) is 0 Å². The van der Waals surface area contributed by atoms with E-state index in [9.17, 15) is 8.42 Å². The van der Waals surface area contributed by atoms with Crippen molar-refractivity contribution in [3.63, 3.8) is 0 Å². The summed E-state index contributed by atoms with van der Waals surface area (Å²) in [5.41, 5.74) is 0. The Morgan fingerprint density at radius 2 is 2.14 bits per heavy atom. The number of sulfonamides is 1. The molecule has 0 radical (unpaired) electrons. The van der Waals surface area contributed by atoms with Crippen molar-refractivity contribution in [2.45, 2.75) is 46.3 Å². The van der Waals surface area contributed by atoms with Crippen molar-refractivity contribution in [2.24, 2.45) is 5.92 Å². The minimum absolute atomic E-state index is 0.0394. The van der Waals surface area contributed by atoms with Crippen molar-refractivity contribution in [1.82, 2.24) is 19.1 Å². The van der Waals surface area contributed by atoms with Crippen LogP contribution in [0.15, 0.2) is 0 Å². The zero-order chi connectivity index (χ0) is 16.3. The summed E-state index contributed by atoms with van der Waals surface area (Å²) in [5, 5.41) is 4.37. The second-order valence-corrected chi connectivity index (χ2v) is 8.09. The lowest BCUT2D eigenvalue weighted by atomic mass is 10.00. The van der Waals surface area contributed by atoms with E-state index in [1.165, 1.54) is 7.11 Å². The standard InChI is InChI=1S/C14H26N4O3S/c1-11(21-4)10-22(19,20)17-7-5-6-14(8-17)9-18-13(3)15-12(2)16-18/h11,14H,5-10H2,1-4H3/t11-,14-/m1/s1. The van der Waals surface area contributed by atoms with Crippen molar-refractivity contribution in [2.75, 3.05) is 26.0 Å². The van der Waals surface area contributed by atoms with Crippen molar-refractivity contribution >= 4 is 10.0 Å². The molecular formula is C14H26N4O3S. The highest BCUT2D eigenvalue weighted by Crippen LogP contribution is 2.21. The molecule has 126 valence electrons. The predicted octanol–water partition coefficient (Wildman–Crippen LogP) is 0.972. The van der Waals surface area contributed by atoms with Crippen LogP contribution in [0.5, 0.6) is 0 Å². The first-order valence-corrected chi connectivity index (χ1v) is 9.31. The van der Waals surface area contributed by atoms with Crippen molar-refractivity contribution < 1.29 is 13.2 Å². The number of aryl methyl sites for hydroxylation is 2. The topological polar surface area (TPSA) is 77.3 Å². The highest BCUT2D eigenvalue weighted by Gasteiger charge is 2.30. The fraction of sp³-hybridized carbons (Fsp3) is 0.857. The molecule has 2 atom stereocenters. The molecule has 22 heavy (non-hydrogen) atoms. The molecule has 0 unspecified atom stereocenters. The first-order valence-electron chi connectivity index (χ1n) is 7.70. The molecule has 0 aliphatic carbocycles. The molecule has 1 aliphatic rings. The molecule has 2 rings (SSSR count). The van der Waals surface area contributed by atoms with Gasteiger partial charge in [0.2, 0.25) is 10.0 Å². The zero-order valence-corrected chi connectivity index (χ0v) is 14.6. The van der Waals surface area contributed by atoms with Crippen molar-refractivity contribution in [3.8, 4) is 0 Å². The molecular weight excluding hydrogens is 304 g/mol. The molecule has 1 saturated heterocycles. The number of piperidine rings is 1. The Bertz CT molecular complexity index is 599. The van der Waals surface area contributed by atoms with Crippen molar-refractivity contribution in [3.05, 3.63) is 11.6 Å². The fourth-order valence-corrected chi connectivity index (χ4v) is 4.66. The first kappa shape index (κ1) is 17.4. The molecule has 0 bridgehead atoms. The molecule has 0 N–H and O–H groups in total. The largest absolute Gasteiger partial charge is 0.381 e. The molecule has 7 nitrogen and oxygen atoms in total. The van der Waals surface area contributed by atoms with Gasteiger partial charge in [0.1, 0.15) is 11.6 Å². The lowest BCUT2D eigenvalue weighted by Gasteiger charge is -2.32. The van der Waals surface area contributed by atoms with Crippen LogP contribution in [0.25, 0.3) is 0 Å². The zero-order valence-electron chi connectivity index (χ0n) is 13.8. The van der Waals surface area contributed by atoms with Gasteiger partial charge in [-0.25, -0.2) is 22.4 Å². The van der Waals surface area contributed by atoms with E-state index in [1.807, 2.05) is 18.5 Å². The summed E-state index contributed by atoms with van der Waals surface area (Å²) in [7, 11) is -1.73. The van der Waals surface area contributed by atoms with Gasteiger partial charge in [-0.05, 0) is 39.5 Å². The van der Waals surface area contributed by atoms with Gasteiger partial charge in [0, 0.05) is 26.7 Å². The quantitative estimate of drug-likeness (QED) is 0.777. The Labute approximate surface area is 132 Å². The van der Waals surface area contributed by atoms with E-state index in [0.717, 1.165) is 31.0 Å². The normalized spacial score (nSPS) is 21.9. The molecule has 1 aromatic heterocycles. The number of ether oxygens (including phenoxy) is 1. The second kappa shape index (κ2) is 7.06. The minimum atomic E-state index is -3.26. The van der Waals surface area contributed by atoms with E-state index in [4.69, 9.17) is 4.74 Å². The highest BCUT2D eigenvalue weighted by molar-refractivity contribution is 7.89. The predicted molar refractivity (Wildman–Crippen MR) is 84.1 cm³/mol. The van der Waals surface area contributed by atoms with Crippen LogP contribution in [-0.2, 0) is 21.3 Å². The summed E-state index contributed by atoms with van der Waals surface area (Å²) in [6, 6.07) is 0. The lowest BCUT2D eigenvalue weighted by Crippen LogP contribution is -2.43. The van der Waals surface area contributed by atoms with Gasteiger partial charge >= 0.3 is 0 Å². The third-order valence-corrected chi connectivity index (χ3v) is 6.13. The van der Waals surface area contributed by atoms with Crippen LogP contribution >= 0.6 is 0 Å². The summed E-state index contributed by atoms with van der Waals surface area (Å²) in [6.45, 7) is 7.45. The van der Waals surface area contributed by atoms with Gasteiger partial charge in [-0.3, -0.25) is 0 Å². The van der Waals surface area contributed by atoms with Crippen LogP contribution in [0.1, 0.15) is 31.4 Å². The minimum Gasteiger partial charge on any atom is -0.381 e. The van der Waals surface area contributed by atoms with E-state index >= 15 is 0 Å². The van der Waals surface area contributed by atoms with Gasteiger partial charge in [0.25, 0.3) is 0 Å². The van der Waals surface area contributed by atoms with E-state index in [1.54, 1.807) is 11.2 Å². The SMILES string of the molecule is CO[C@H](C)CS(=O)(=O)N1CCC[C@@H](Cn2nc(C)nc2C)C1. The van der Waals surface area contributed by atoms with Crippen LogP contribution in [0.4, 0.5) is 0 Å². The van der Waals surface area contributed by atoms with Crippen LogP contribution in [0, 0.1) is 19.8 Å². The molecule has 0 aromatic carbocycles. The molecule has 1 aliphatic heterocycles. The average Bonchev–Trinajstić information content (AvgIpc) is 2.76. The van der Waals surface area contributed by atoms with Gasteiger partial charge in [-0.2, -0.15) is 5.10 Å². The fourth-order valence-electron chi connectivity index (χ4n) is 2.88. The number of hydrogen-bond donors (Lipinski definition) is 0. The molecule has 0 saturated carbocycles. The second-order valence-electron chi connectivity index (χ2n) is 6.08. The van der Waals surface area contributed by atoms with Crippen molar-refractivity contribution in [1.29, 1.82) is 0 Å². The summed E-state index contributed by atoms with van der Waals surface area (Å²) in [5.74, 6) is 1.95. The van der Waals surface area contributed by atoms with Crippen LogP contribution in [-0.4, -0.2) is 59.5 Å². The third-order valence-electron chi connectivity index (χ3n) is 4.12. The number of hydrogen-bond acceptors (Lipinski definition) is 5. The first-order chi connectivity index (χ1) is 10.3. The number of nitrogens with zero attached hydrogens (tertiary/aromatic N) is 4. The Balaban J connectivity index is 2.01. The highest BCUT2D eigenvalue weighted by atomic mass is 32.2. The van der Waals surface area contributed by atoms with Crippen LogP contribution in [0.3, 0.4) is 0 Å². The van der Waals surface area contributed by atoms with Gasteiger partial charge in [0.05, 0.1) is 11.9 Å². The molecule has 8 heteroatoms. The summed E-state index contributed by atoms with van der Waals surface area (Å²) in [4.78, 5) is 4.30. The maximum Gasteiger partial charge on any atom is 0.216 e. The Kier molecular flexibility index (Phi) is 5.57.